The predicted octanol–water partition coefficient (Wildman–Crippen LogP) is 6.46. The van der Waals surface area contributed by atoms with Crippen molar-refractivity contribution < 1.29 is 44.0 Å². The van der Waals surface area contributed by atoms with Crippen LogP contribution in [0.3, 0.4) is 0 Å². The number of carbonyl (C=O) groups excluding carboxylic acids is 4. The molecule has 3 amide bonds. The number of aromatic nitrogens is 1. The Kier molecular flexibility index (Phi) is 16.0. The molecule has 0 saturated carbocycles. The normalized spacial score (nSPS) is 17.1. The number of rotatable bonds is 18. The molecule has 0 spiro atoms. The fraction of sp³-hybridized carbons (Fsp3) is 0.377. The number of benzene rings is 4. The van der Waals surface area contributed by atoms with Gasteiger partial charge in [0.1, 0.15) is 42.5 Å². The van der Waals surface area contributed by atoms with Crippen LogP contribution >= 0.6 is 22.7 Å². The average Bonchev–Trinajstić information content (AvgIpc) is 4.07. The number of nitrogens with zero attached hydrogens (tertiary/aromatic N) is 4. The number of hydrogen-bond acceptors (Lipinski definition) is 14. The summed E-state index contributed by atoms with van der Waals surface area (Å²) in [5, 5.41) is 37.1. The van der Waals surface area contributed by atoms with Gasteiger partial charge in [0.05, 0.1) is 28.8 Å². The van der Waals surface area contributed by atoms with E-state index in [4.69, 9.17) is 9.47 Å². The highest BCUT2D eigenvalue weighted by Gasteiger charge is 2.44. The molecule has 6 aromatic rings. The molecule has 2 aliphatic rings. The van der Waals surface area contributed by atoms with Crippen LogP contribution in [-0.2, 0) is 25.7 Å². The van der Waals surface area contributed by atoms with Gasteiger partial charge in [0, 0.05) is 84.9 Å². The third-order valence-electron chi connectivity index (χ3n) is 12.8. The molecule has 0 radical (unpaired) electrons. The molecular formula is C53H60N6O9S2. The number of thiophene rings is 1. The number of ether oxygens (including phenoxy) is 2. The van der Waals surface area contributed by atoms with Gasteiger partial charge >= 0.3 is 0 Å². The van der Waals surface area contributed by atoms with Crippen molar-refractivity contribution in [3.63, 3.8) is 0 Å². The van der Waals surface area contributed by atoms with Crippen molar-refractivity contribution in [2.24, 2.45) is 5.41 Å². The molecule has 2 aromatic heterocycles. The van der Waals surface area contributed by atoms with Crippen molar-refractivity contribution in [3.05, 3.63) is 119 Å². The van der Waals surface area contributed by atoms with E-state index in [2.05, 4.69) is 25.4 Å². The van der Waals surface area contributed by atoms with Gasteiger partial charge < -0.3 is 40.3 Å². The first-order chi connectivity index (χ1) is 33.6. The minimum absolute atomic E-state index is 0.00869. The molecule has 17 heteroatoms. The third kappa shape index (κ3) is 12.2. The number of aliphatic hydroxyl groups is 1. The second-order valence-corrected chi connectivity index (χ2v) is 20.8. The van der Waals surface area contributed by atoms with Crippen LogP contribution in [0.15, 0.2) is 96.5 Å². The van der Waals surface area contributed by atoms with Crippen LogP contribution in [0, 0.1) is 12.3 Å². The lowest BCUT2D eigenvalue weighted by molar-refractivity contribution is -0.144. The van der Waals surface area contributed by atoms with Gasteiger partial charge in [-0.05, 0) is 95.8 Å². The molecule has 4 aromatic carbocycles. The van der Waals surface area contributed by atoms with Crippen molar-refractivity contribution in [2.75, 3.05) is 65.6 Å². The van der Waals surface area contributed by atoms with Crippen LogP contribution in [0.25, 0.3) is 31.0 Å². The molecular weight excluding hydrogens is 929 g/mol. The number of aromatic hydroxyl groups is 2. The molecule has 0 aliphatic carbocycles. The number of likely N-dealkylation sites (tertiary alicyclic amines) is 1. The topological polar surface area (TPSA) is 194 Å². The number of β-amino-alcohol motifs (C(OH)–C–C–N with tert-alkyl or cyclic N) is 1. The predicted molar refractivity (Wildman–Crippen MR) is 271 cm³/mol. The zero-order valence-corrected chi connectivity index (χ0v) is 41.5. The van der Waals surface area contributed by atoms with E-state index in [9.17, 15) is 34.5 Å². The standard InChI is InChI=1S/C53H60N6O9S2/c1-33-48(69-32-55-33)36-7-5-34(6-8-36)29-54-51(65)43-27-40(62)30-59(43)52(66)50(53(2,3)4)56-45(63)31-67-25-23-57-19-21-58(22-20-57)24-26-68-41-16-11-35(12-17-41)47(64)46-42-18-15-39(61)28-44(42)70-49(46)37-9-13-38(60)14-10-37/h5-18,28,32,40,43,50,60-62H,19-27,29-31H2,1-4H3,(H,54,65)(H,56,63)/t40-,43+,50-/m1/s1. The molecule has 4 heterocycles. The summed E-state index contributed by atoms with van der Waals surface area (Å²) in [4.78, 5) is 66.8. The Bertz CT molecular complexity index is 2780. The molecule has 2 saturated heterocycles. The average molecular weight is 989 g/mol. The van der Waals surface area contributed by atoms with Gasteiger partial charge in [0.25, 0.3) is 0 Å². The minimum Gasteiger partial charge on any atom is -0.508 e. The van der Waals surface area contributed by atoms with E-state index in [1.165, 1.54) is 16.2 Å². The highest BCUT2D eigenvalue weighted by Crippen LogP contribution is 2.41. The maximum atomic E-state index is 14.0. The summed E-state index contributed by atoms with van der Waals surface area (Å²) < 4.78 is 12.6. The molecule has 2 fully saturated rings. The largest absolute Gasteiger partial charge is 0.508 e. The van der Waals surface area contributed by atoms with Crippen molar-refractivity contribution in [3.8, 4) is 38.1 Å². The van der Waals surface area contributed by atoms with E-state index in [0.717, 1.165) is 74.9 Å². The number of phenols is 2. The quantitative estimate of drug-likeness (QED) is 0.0467. The van der Waals surface area contributed by atoms with Crippen LogP contribution in [0.1, 0.15) is 54.4 Å². The Hall–Kier alpha value is -6.21. The summed E-state index contributed by atoms with van der Waals surface area (Å²) >= 11 is 2.99. The van der Waals surface area contributed by atoms with Crippen molar-refractivity contribution in [1.29, 1.82) is 0 Å². The van der Waals surface area contributed by atoms with Crippen LogP contribution in [0.4, 0.5) is 0 Å². The van der Waals surface area contributed by atoms with E-state index in [-0.39, 0.29) is 49.3 Å². The first kappa shape index (κ1) is 50.2. The number of hydrogen-bond donors (Lipinski definition) is 5. The van der Waals surface area contributed by atoms with Gasteiger partial charge in [-0.15, -0.1) is 22.7 Å². The lowest BCUT2D eigenvalue weighted by Crippen LogP contribution is -2.58. The van der Waals surface area contributed by atoms with E-state index in [0.29, 0.717) is 36.6 Å². The van der Waals surface area contributed by atoms with Crippen molar-refractivity contribution in [2.45, 2.75) is 58.8 Å². The van der Waals surface area contributed by atoms with Crippen LogP contribution in [-0.4, -0.2) is 142 Å². The van der Waals surface area contributed by atoms with E-state index in [1.54, 1.807) is 78.1 Å². The van der Waals surface area contributed by atoms with Gasteiger partial charge in [-0.3, -0.25) is 29.0 Å². The zero-order chi connectivity index (χ0) is 49.5. The van der Waals surface area contributed by atoms with Gasteiger partial charge in [-0.25, -0.2) is 4.98 Å². The van der Waals surface area contributed by atoms with Gasteiger partial charge in [0.2, 0.25) is 17.7 Å². The lowest BCUT2D eigenvalue weighted by atomic mass is 9.85. The molecule has 0 bridgehead atoms. The number of fused-ring (bicyclic) bond motifs is 1. The Morgan fingerprint density at radius 1 is 0.829 bits per heavy atom. The molecule has 5 N–H and O–H groups in total. The molecule has 70 heavy (non-hydrogen) atoms. The van der Waals surface area contributed by atoms with Gasteiger partial charge in [0.15, 0.2) is 5.78 Å². The van der Waals surface area contributed by atoms with Gasteiger partial charge in [-0.1, -0.05) is 45.0 Å². The monoisotopic (exact) mass is 988 g/mol. The summed E-state index contributed by atoms with van der Waals surface area (Å²) in [7, 11) is 0. The van der Waals surface area contributed by atoms with Gasteiger partial charge in [-0.2, -0.15) is 0 Å². The second-order valence-electron chi connectivity index (χ2n) is 18.9. The highest BCUT2D eigenvalue weighted by molar-refractivity contribution is 7.22. The number of amides is 3. The second kappa shape index (κ2) is 22.3. The summed E-state index contributed by atoms with van der Waals surface area (Å²) in [5.74, 6) is -0.451. The molecule has 8 rings (SSSR count). The van der Waals surface area contributed by atoms with Crippen LogP contribution in [0.2, 0.25) is 0 Å². The summed E-state index contributed by atoms with van der Waals surface area (Å²) in [6.45, 7) is 13.1. The molecule has 368 valence electrons. The third-order valence-corrected chi connectivity index (χ3v) is 15.0. The number of thiazole rings is 1. The number of aliphatic hydroxyl groups excluding tert-OH is 1. The highest BCUT2D eigenvalue weighted by atomic mass is 32.1. The maximum Gasteiger partial charge on any atom is 0.246 e. The Labute approximate surface area is 415 Å². The molecule has 15 nitrogen and oxygen atoms in total. The van der Waals surface area contributed by atoms with Crippen LogP contribution < -0.4 is 15.4 Å². The number of phenolic OH excluding ortho intramolecular Hbond substituents is 2. The zero-order valence-electron chi connectivity index (χ0n) is 39.9. The number of aryl methyl sites for hydroxylation is 1. The first-order valence-corrected chi connectivity index (χ1v) is 25.2. The fourth-order valence-corrected chi connectivity index (χ4v) is 10.9. The minimum atomic E-state index is -0.950. The maximum absolute atomic E-state index is 14.0. The number of piperazine rings is 1. The Morgan fingerprint density at radius 2 is 1.47 bits per heavy atom. The summed E-state index contributed by atoms with van der Waals surface area (Å²) in [6, 6.07) is 24.9. The summed E-state index contributed by atoms with van der Waals surface area (Å²) in [6.07, 6.45) is -0.765. The van der Waals surface area contributed by atoms with E-state index >= 15 is 0 Å². The van der Waals surface area contributed by atoms with Crippen molar-refractivity contribution >= 4 is 56.3 Å². The SMILES string of the molecule is Cc1ncsc1-c1ccc(CNC(=O)[C@@H]2C[C@@H](O)CN2C(=O)[C@@H](NC(=O)COCCN2CCN(CCOc3ccc(C(=O)c4c(-c5ccc(O)cc5)sc5cc(O)ccc45)cc3)CC2)C(C)(C)C)cc1. The number of ketones is 1. The number of carbonyl (C=O) groups is 4. The first-order valence-electron chi connectivity index (χ1n) is 23.5. The molecule has 2 aliphatic heterocycles. The Morgan fingerprint density at radius 3 is 2.13 bits per heavy atom. The van der Waals surface area contributed by atoms with Crippen LogP contribution in [0.5, 0.6) is 17.2 Å². The van der Waals surface area contributed by atoms with E-state index in [1.807, 2.05) is 57.5 Å². The Balaban J connectivity index is 0.742. The summed E-state index contributed by atoms with van der Waals surface area (Å²) in [5.41, 5.74) is 5.89. The van der Waals surface area contributed by atoms with E-state index < -0.39 is 35.4 Å². The number of nitrogens with one attached hydrogen (secondary N) is 2. The molecule has 0 unspecified atom stereocenters. The lowest BCUT2D eigenvalue weighted by Gasteiger charge is -2.35. The smallest absolute Gasteiger partial charge is 0.246 e. The molecule has 3 atom stereocenters. The fourth-order valence-electron chi connectivity index (χ4n) is 8.84. The van der Waals surface area contributed by atoms with Crippen molar-refractivity contribution in [1.82, 2.24) is 30.3 Å².